The quantitative estimate of drug-likeness (QED) is 0.0467. The Morgan fingerprint density at radius 2 is 1.24 bits per heavy atom. The number of nitrogens with zero attached hydrogens (tertiary/aromatic N) is 4. The molecular formula is C60H68Cl2F7N8NaO14. The maximum absolute atomic E-state index is 14.2. The fourth-order valence-electron chi connectivity index (χ4n) is 8.68. The van der Waals surface area contributed by atoms with E-state index < -0.39 is 73.6 Å². The molecule has 10 rings (SSSR count). The maximum Gasteiger partial charge on any atom is 1.00 e. The van der Waals surface area contributed by atoms with E-state index in [0.717, 1.165) is 30.1 Å². The van der Waals surface area contributed by atoms with Gasteiger partial charge in [0, 0.05) is 105 Å². The fraction of sp³-hybridized carbons (Fsp3) is 0.417. The van der Waals surface area contributed by atoms with Crippen molar-refractivity contribution in [3.63, 3.8) is 0 Å². The number of aldehydes is 1. The zero-order chi connectivity index (χ0) is 68.4. The summed E-state index contributed by atoms with van der Waals surface area (Å²) < 4.78 is 101. The minimum Gasteiger partial charge on any atom is -0.870 e. The minimum absolute atomic E-state index is 0. The Bertz CT molecular complexity index is 3100. The first-order valence-corrected chi connectivity index (χ1v) is 27.9. The van der Waals surface area contributed by atoms with Crippen LogP contribution in [0.15, 0.2) is 97.1 Å². The standard InChI is InChI=1S/C24H23ClF3N3O3.C7H5ClO.C6H6FN.C6H11NO.C5H5F2N.2C5H7NO3.CH3F.CO2.Na.H2O/c1-30-19(9-10-20(30)32)23(34)31(16-6-4-5-14(26)11-16)21(17-7-2-3-8-18(17)25)22(33)29-15-12-24(27,28)13-15;8-7-4-2-1-3-6(7)5-9;7-5-2-1-3-6(8)4-5;1-5-3-4-6(8)7(5)2;1-8-4-2-5(6,7)3-4;2*7-3-9-5-2-1-4(8)6-5;1-2;2-1-3;;/h2-8,11,15,19,21H,9-10,12-13H2,1H3,(H,29,33);1-5H;1-4H,8H2;5H,3-4H2,1-2H3;4H,2-3H2;2*3,5H,1-2H2,(H,6,8);1H3;;;1H2/q;;;;;;;;;+1;/p-1/t19-,21?;;;5-;;2*5-;;;;/m0..1.11..../s1/i;;;;;;;1D;;;. The van der Waals surface area contributed by atoms with Gasteiger partial charge in [0.25, 0.3) is 30.7 Å². The topological polar surface area (TPSA) is 312 Å². The molecule has 1 unspecified atom stereocenters. The number of anilines is 2. The van der Waals surface area contributed by atoms with Crippen molar-refractivity contribution in [1.29, 1.82) is 0 Å². The van der Waals surface area contributed by atoms with E-state index in [1.165, 1.54) is 48.3 Å². The summed E-state index contributed by atoms with van der Waals surface area (Å²) in [5.41, 5.74) is 6.55. The van der Waals surface area contributed by atoms with Crippen molar-refractivity contribution in [2.24, 2.45) is 0 Å². The van der Waals surface area contributed by atoms with Crippen molar-refractivity contribution in [3.05, 3.63) is 141 Å². The second-order valence-corrected chi connectivity index (χ2v) is 20.8. The third-order valence-electron chi connectivity index (χ3n) is 13.6. The predicted octanol–water partition coefficient (Wildman–Crippen LogP) is 5.60. The summed E-state index contributed by atoms with van der Waals surface area (Å²) in [6, 6.07) is 21.3. The van der Waals surface area contributed by atoms with Gasteiger partial charge in [-0.15, -0.1) is 0 Å². The van der Waals surface area contributed by atoms with Gasteiger partial charge in [0.05, 0.1) is 26.4 Å². The molecule has 0 spiro atoms. The number of nitrogens with one attached hydrogen (secondary N) is 3. The molecule has 6 aliphatic rings. The van der Waals surface area contributed by atoms with Gasteiger partial charge in [-0.25, -0.2) is 32.9 Å². The average Bonchev–Trinajstić information content (AvgIpc) is 1.49. The molecule has 6 amide bonds. The summed E-state index contributed by atoms with van der Waals surface area (Å²) >= 11 is 12.0. The number of ether oxygens (including phenoxy) is 2. The predicted molar refractivity (Wildman–Crippen MR) is 314 cm³/mol. The molecule has 6 fully saturated rings. The molecule has 496 valence electrons. The van der Waals surface area contributed by atoms with Crippen molar-refractivity contribution in [1.82, 2.24) is 25.8 Å². The van der Waals surface area contributed by atoms with E-state index >= 15 is 0 Å². The van der Waals surface area contributed by atoms with E-state index in [4.69, 9.17) is 46.5 Å². The van der Waals surface area contributed by atoms with Gasteiger partial charge in [0.2, 0.25) is 35.6 Å². The molecule has 0 aromatic heterocycles. The van der Waals surface area contributed by atoms with Crippen molar-refractivity contribution in [2.45, 2.75) is 138 Å². The third-order valence-corrected chi connectivity index (χ3v) is 14.2. The number of carbonyl (C=O) groups is 9. The first-order valence-electron chi connectivity index (χ1n) is 27.8. The third kappa shape index (κ3) is 29.1. The summed E-state index contributed by atoms with van der Waals surface area (Å²) in [6.07, 6.45) is 3.03. The number of rotatable bonds is 11. The van der Waals surface area contributed by atoms with Gasteiger partial charge in [0.1, 0.15) is 23.7 Å². The molecule has 92 heavy (non-hydrogen) atoms. The Hall–Kier alpha value is -7.97. The zero-order valence-electron chi connectivity index (χ0n) is 51.2. The van der Waals surface area contributed by atoms with Crippen LogP contribution in [0.25, 0.3) is 4.85 Å². The first kappa shape index (κ1) is 82.0. The van der Waals surface area contributed by atoms with E-state index in [2.05, 4.69) is 37.2 Å². The molecule has 22 nitrogen and oxygen atoms in total. The number of nitrogen functional groups attached to an aromatic ring is 1. The van der Waals surface area contributed by atoms with Crippen molar-refractivity contribution >= 4 is 95.4 Å². The Morgan fingerprint density at radius 3 is 1.58 bits per heavy atom. The van der Waals surface area contributed by atoms with Crippen molar-refractivity contribution < 1.29 is 129 Å². The molecule has 4 heterocycles. The zero-order valence-corrected chi connectivity index (χ0v) is 53.7. The monoisotopic (exact) mass is 1350 g/mol. The number of halogens is 9. The van der Waals surface area contributed by atoms with E-state index in [0.29, 0.717) is 60.9 Å². The summed E-state index contributed by atoms with van der Waals surface area (Å²) in [5.74, 6) is -7.67. The number of hydrogen-bond donors (Lipinski definition) is 4. The van der Waals surface area contributed by atoms with Crippen LogP contribution in [-0.4, -0.2) is 146 Å². The summed E-state index contributed by atoms with van der Waals surface area (Å²) in [7, 11) is 2.35. The van der Waals surface area contributed by atoms with Crippen LogP contribution in [-0.2, 0) is 57.4 Å². The second kappa shape index (κ2) is 43.0. The Balaban J connectivity index is 0.00000117. The van der Waals surface area contributed by atoms with Gasteiger partial charge in [-0.2, -0.15) is 9.59 Å². The number of amides is 6. The number of nitrogens with two attached hydrogens (primary N) is 1. The van der Waals surface area contributed by atoms with Crippen LogP contribution in [0.3, 0.4) is 0 Å². The number of benzene rings is 4. The molecule has 2 aliphatic carbocycles. The molecule has 0 bridgehead atoms. The van der Waals surface area contributed by atoms with Crippen LogP contribution < -0.4 is 56.1 Å². The number of likely N-dealkylation sites (tertiary alicyclic amines) is 2. The van der Waals surface area contributed by atoms with Gasteiger partial charge < -0.3 is 51.3 Å². The molecular weight excluding hydrogens is 1280 g/mol. The summed E-state index contributed by atoms with van der Waals surface area (Å²) in [6.45, 7) is 9.09. The van der Waals surface area contributed by atoms with Crippen LogP contribution in [0.5, 0.6) is 0 Å². The molecule has 4 aliphatic heterocycles. The second-order valence-electron chi connectivity index (χ2n) is 20.0. The summed E-state index contributed by atoms with van der Waals surface area (Å²) in [4.78, 5) is 124. The fourth-order valence-corrected chi connectivity index (χ4v) is 9.10. The first-order chi connectivity index (χ1) is 43.0. The number of carbonyl (C=O) groups excluding carboxylic acids is 11. The molecule has 0 radical (unpaired) electrons. The molecule has 2 saturated carbocycles. The van der Waals surface area contributed by atoms with Crippen molar-refractivity contribution in [3.8, 4) is 0 Å². The largest absolute Gasteiger partial charge is 1.00 e. The molecule has 6 N–H and O–H groups in total. The van der Waals surface area contributed by atoms with Gasteiger partial charge in [-0.3, -0.25) is 52.4 Å². The number of likely N-dealkylation sites (N-methyl/N-ethyl adjacent to an activating group) is 1. The smallest absolute Gasteiger partial charge is 0.870 e. The van der Waals surface area contributed by atoms with Crippen molar-refractivity contribution in [2.75, 3.05) is 31.9 Å². The van der Waals surface area contributed by atoms with Crippen LogP contribution in [0, 0.1) is 18.2 Å². The van der Waals surface area contributed by atoms with E-state index in [1.807, 2.05) is 7.05 Å². The number of hydrogen-bond acceptors (Lipinski definition) is 15. The van der Waals surface area contributed by atoms with E-state index in [1.54, 1.807) is 59.5 Å². The average molecular weight is 1350 g/mol. The van der Waals surface area contributed by atoms with Gasteiger partial charge >= 0.3 is 35.7 Å². The SMILES string of the molecule is CN1C(=O)CC[C@H]1C(=O)N(c1cccc(F)c1)C(C(=O)NC1CC(F)(F)C1)c1ccccc1Cl.C[C@@H]1CCC(=O)N1C.Nc1cccc(F)c1.O=C=O.O=CO[C@@H]1CCC(=O)N1.O=CO[C@@H]1CCC(=O)N1.O=Cc1ccccc1Cl.[2H]CF.[C-]#[N+]C1CC(F)(F)C1.[Na+].[OH-]. The normalized spacial score (nSPS) is 19.4. The molecule has 4 saturated heterocycles. The number of alkyl halides is 5. The van der Waals surface area contributed by atoms with Crippen LogP contribution >= 0.6 is 23.2 Å². The van der Waals surface area contributed by atoms with Crippen LogP contribution in [0.1, 0.15) is 107 Å². The maximum atomic E-state index is 14.2. The molecule has 5 atom stereocenters. The summed E-state index contributed by atoms with van der Waals surface area (Å²) in [5, 5.41) is 8.19. The van der Waals surface area contributed by atoms with Gasteiger partial charge in [0.15, 0.2) is 18.7 Å². The van der Waals surface area contributed by atoms with Gasteiger partial charge in [-0.1, -0.05) is 71.7 Å². The van der Waals surface area contributed by atoms with E-state index in [9.17, 15) is 73.9 Å². The van der Waals surface area contributed by atoms with Gasteiger partial charge in [-0.05, 0) is 68.3 Å². The minimum atomic E-state index is -2.86. The molecule has 32 heteroatoms. The van der Waals surface area contributed by atoms with E-state index in [-0.39, 0.29) is 125 Å². The Kier molecular flexibility index (Phi) is 38.3. The Labute approximate surface area is 559 Å². The Morgan fingerprint density at radius 1 is 0.761 bits per heavy atom. The van der Waals surface area contributed by atoms with Crippen LogP contribution in [0.2, 0.25) is 10.0 Å². The molecule has 4 aromatic rings. The van der Waals surface area contributed by atoms with Crippen LogP contribution in [0.4, 0.5) is 42.1 Å². The molecule has 4 aromatic carbocycles.